The zero-order valence-electron chi connectivity index (χ0n) is 27.8. The topological polar surface area (TPSA) is 47.9 Å². The van der Waals surface area contributed by atoms with Gasteiger partial charge in [0, 0.05) is 54.3 Å². The molecular weight excluding hydrogens is 629 g/mol. The van der Waals surface area contributed by atoms with Crippen LogP contribution in [-0.4, -0.2) is 9.13 Å². The van der Waals surface area contributed by atoms with Crippen molar-refractivity contribution in [3.8, 4) is 5.69 Å². The highest BCUT2D eigenvalue weighted by molar-refractivity contribution is 7.26. The first-order valence-electron chi connectivity index (χ1n) is 17.4. The maximum atomic E-state index is 6.64. The highest BCUT2D eigenvalue weighted by atomic mass is 32.1. The van der Waals surface area contributed by atoms with E-state index in [9.17, 15) is 0 Å². The summed E-state index contributed by atoms with van der Waals surface area (Å²) in [5.41, 5.74) is 17.4. The van der Waals surface area contributed by atoms with Crippen molar-refractivity contribution >= 4 is 76.0 Å². The molecule has 6 aromatic carbocycles. The number of nitrogen functional groups attached to an aromatic ring is 1. The highest BCUT2D eigenvalue weighted by Gasteiger charge is 2.25. The van der Waals surface area contributed by atoms with Gasteiger partial charge in [-0.25, -0.2) is 0 Å². The molecule has 0 bridgehead atoms. The number of anilines is 1. The third kappa shape index (κ3) is 4.47. The quantitative estimate of drug-likeness (QED) is 0.174. The van der Waals surface area contributed by atoms with Crippen molar-refractivity contribution in [2.45, 2.75) is 26.1 Å². The van der Waals surface area contributed by atoms with Crippen LogP contribution in [0.15, 0.2) is 140 Å². The fraction of sp³-hybridized carbons (Fsp3) is 0.111. The number of hydrogen-bond donors (Lipinski definition) is 2. The Labute approximate surface area is 294 Å². The van der Waals surface area contributed by atoms with Crippen LogP contribution in [0.1, 0.15) is 35.3 Å². The maximum absolute atomic E-state index is 6.64. The molecule has 2 atom stereocenters. The van der Waals surface area contributed by atoms with Gasteiger partial charge < -0.3 is 14.9 Å². The summed E-state index contributed by atoms with van der Waals surface area (Å²) in [6, 6.07) is 48.1. The Morgan fingerprint density at radius 1 is 0.740 bits per heavy atom. The van der Waals surface area contributed by atoms with Crippen LogP contribution >= 0.6 is 11.3 Å². The third-order valence-electron chi connectivity index (χ3n) is 10.6. The smallest absolute Gasteiger partial charge is 0.0739 e. The van der Waals surface area contributed by atoms with Crippen LogP contribution in [0.3, 0.4) is 0 Å². The van der Waals surface area contributed by atoms with Crippen molar-refractivity contribution in [1.82, 2.24) is 14.5 Å². The fourth-order valence-electron chi connectivity index (χ4n) is 8.28. The molecule has 0 aliphatic heterocycles. The highest BCUT2D eigenvalue weighted by Crippen LogP contribution is 2.44. The van der Waals surface area contributed by atoms with Gasteiger partial charge in [0.15, 0.2) is 0 Å². The fourth-order valence-corrected chi connectivity index (χ4v) is 9.54. The standard InChI is InChI=1S/C45H36N4S/c1-28-20-21-31-36-25-37-33-22-23-34-32-16-9-11-19-42(32)50-45(34)44(33)48(39(37)26-41(36)49(40(31)24-28)30-14-6-3-7-15-30)27-47-43(29-12-4-2-5-13-29)35-17-8-10-18-38(35)46/h2-23,25-26,28,43,47H,24,27,46H2,1H3. The number of rotatable bonds is 6. The number of allylic oxidation sites excluding steroid dienone is 1. The van der Waals surface area contributed by atoms with E-state index in [0.29, 0.717) is 12.6 Å². The second-order valence-electron chi connectivity index (χ2n) is 13.7. The lowest BCUT2D eigenvalue weighted by Gasteiger charge is -2.22. The van der Waals surface area contributed by atoms with Gasteiger partial charge in [-0.15, -0.1) is 11.3 Å². The summed E-state index contributed by atoms with van der Waals surface area (Å²) in [5.74, 6) is 0.490. The Bertz CT molecular complexity index is 2770. The molecule has 242 valence electrons. The van der Waals surface area contributed by atoms with Crippen LogP contribution in [0.2, 0.25) is 0 Å². The zero-order valence-corrected chi connectivity index (χ0v) is 28.6. The number of nitrogens with one attached hydrogen (secondary N) is 1. The van der Waals surface area contributed by atoms with E-state index in [1.165, 1.54) is 75.4 Å². The molecule has 1 aliphatic rings. The Morgan fingerprint density at radius 3 is 2.32 bits per heavy atom. The van der Waals surface area contributed by atoms with E-state index in [2.05, 4.69) is 155 Å². The van der Waals surface area contributed by atoms with Crippen LogP contribution < -0.4 is 11.1 Å². The molecule has 4 nitrogen and oxygen atoms in total. The summed E-state index contributed by atoms with van der Waals surface area (Å²) in [5, 5.41) is 10.5. The molecule has 5 heteroatoms. The monoisotopic (exact) mass is 664 g/mol. The number of nitrogens with zero attached hydrogens (tertiary/aromatic N) is 2. The van der Waals surface area contributed by atoms with Crippen LogP contribution in [0, 0.1) is 5.92 Å². The minimum absolute atomic E-state index is 0.0811. The second-order valence-corrected chi connectivity index (χ2v) is 14.7. The van der Waals surface area contributed by atoms with E-state index in [0.717, 1.165) is 17.7 Å². The Hall–Kier alpha value is -5.62. The molecule has 0 saturated carbocycles. The van der Waals surface area contributed by atoms with E-state index in [1.807, 2.05) is 23.5 Å². The number of para-hydroxylation sites is 2. The van der Waals surface area contributed by atoms with Crippen LogP contribution in [0.5, 0.6) is 0 Å². The summed E-state index contributed by atoms with van der Waals surface area (Å²) in [6.45, 7) is 2.92. The van der Waals surface area contributed by atoms with E-state index in [4.69, 9.17) is 5.73 Å². The van der Waals surface area contributed by atoms with Crippen LogP contribution in [0.4, 0.5) is 5.69 Å². The largest absolute Gasteiger partial charge is 0.398 e. The van der Waals surface area contributed by atoms with Gasteiger partial charge in [-0.05, 0) is 59.9 Å². The van der Waals surface area contributed by atoms with E-state index < -0.39 is 0 Å². The number of nitrogens with two attached hydrogens (primary N) is 1. The molecule has 1 aliphatic carbocycles. The Balaban J connectivity index is 1.26. The van der Waals surface area contributed by atoms with Gasteiger partial charge in [-0.3, -0.25) is 5.32 Å². The predicted octanol–water partition coefficient (Wildman–Crippen LogP) is 11.2. The molecule has 3 aromatic heterocycles. The minimum Gasteiger partial charge on any atom is -0.398 e. The average molecular weight is 665 g/mol. The average Bonchev–Trinajstić information content (AvgIpc) is 3.79. The summed E-state index contributed by atoms with van der Waals surface area (Å²) < 4.78 is 7.67. The molecule has 0 radical (unpaired) electrons. The van der Waals surface area contributed by atoms with E-state index in [-0.39, 0.29) is 6.04 Å². The van der Waals surface area contributed by atoms with Gasteiger partial charge in [0.2, 0.25) is 0 Å². The van der Waals surface area contributed by atoms with Gasteiger partial charge in [0.05, 0.1) is 34.0 Å². The number of thiophene rings is 1. The molecule has 50 heavy (non-hydrogen) atoms. The molecule has 3 N–H and O–H groups in total. The molecule has 9 aromatic rings. The van der Waals surface area contributed by atoms with E-state index in [1.54, 1.807) is 0 Å². The molecule has 0 spiro atoms. The number of aromatic nitrogens is 2. The Morgan fingerprint density at radius 2 is 1.48 bits per heavy atom. The van der Waals surface area contributed by atoms with Crippen LogP contribution in [-0.2, 0) is 13.1 Å². The first-order chi connectivity index (χ1) is 24.6. The van der Waals surface area contributed by atoms with Gasteiger partial charge in [0.1, 0.15) is 0 Å². The molecule has 0 amide bonds. The van der Waals surface area contributed by atoms with Gasteiger partial charge in [-0.1, -0.05) is 116 Å². The van der Waals surface area contributed by atoms with Crippen LogP contribution in [0.25, 0.3) is 64.6 Å². The summed E-state index contributed by atoms with van der Waals surface area (Å²) in [7, 11) is 0. The third-order valence-corrected chi connectivity index (χ3v) is 11.8. The molecule has 0 saturated heterocycles. The zero-order chi connectivity index (χ0) is 33.3. The van der Waals surface area contributed by atoms with Crippen molar-refractivity contribution < 1.29 is 0 Å². The number of benzene rings is 6. The SMILES string of the molecule is CC1C=Cc2c(n(-c3ccccc3)c3cc4c(cc23)c2ccc3c5ccccc5sc3c2n4CNC(c2ccccc2)c2ccccc2N)C1. The predicted molar refractivity (Wildman–Crippen MR) is 213 cm³/mol. The molecular formula is C45H36N4S. The molecule has 10 rings (SSSR count). The Kier molecular flexibility index (Phi) is 6.73. The van der Waals surface area contributed by atoms with Crippen molar-refractivity contribution in [1.29, 1.82) is 0 Å². The number of fused-ring (bicyclic) bond motifs is 10. The summed E-state index contributed by atoms with van der Waals surface area (Å²) >= 11 is 1.89. The lowest BCUT2D eigenvalue weighted by molar-refractivity contribution is 0.528. The molecule has 2 unspecified atom stereocenters. The summed E-state index contributed by atoms with van der Waals surface area (Å²) in [6.07, 6.45) is 5.74. The molecule has 3 heterocycles. The molecule has 0 fully saturated rings. The lowest BCUT2D eigenvalue weighted by Crippen LogP contribution is -2.26. The maximum Gasteiger partial charge on any atom is 0.0739 e. The lowest BCUT2D eigenvalue weighted by atomic mass is 9.94. The van der Waals surface area contributed by atoms with Gasteiger partial charge in [0.25, 0.3) is 0 Å². The van der Waals surface area contributed by atoms with Crippen molar-refractivity contribution in [2.75, 3.05) is 5.73 Å². The van der Waals surface area contributed by atoms with E-state index >= 15 is 0 Å². The van der Waals surface area contributed by atoms with Gasteiger partial charge >= 0.3 is 0 Å². The second kappa shape index (κ2) is 11.5. The number of hydrogen-bond acceptors (Lipinski definition) is 3. The summed E-state index contributed by atoms with van der Waals surface area (Å²) in [4.78, 5) is 0. The van der Waals surface area contributed by atoms with Crippen molar-refractivity contribution in [2.24, 2.45) is 5.92 Å². The van der Waals surface area contributed by atoms with Gasteiger partial charge in [-0.2, -0.15) is 0 Å². The minimum atomic E-state index is -0.0811. The first-order valence-corrected chi connectivity index (χ1v) is 18.3. The normalized spacial score (nSPS) is 15.1. The van der Waals surface area contributed by atoms with Crippen molar-refractivity contribution in [3.63, 3.8) is 0 Å². The first kappa shape index (κ1) is 29.3. The van der Waals surface area contributed by atoms with Crippen molar-refractivity contribution in [3.05, 3.63) is 162 Å².